The second kappa shape index (κ2) is 5.95. The average molecular weight is 225 g/mol. The summed E-state index contributed by atoms with van der Waals surface area (Å²) in [6.07, 6.45) is 4.08. The number of nitrogens with zero attached hydrogens (tertiary/aromatic N) is 1. The fourth-order valence-corrected chi connectivity index (χ4v) is 1.44. The number of hydrogen-bond acceptors (Lipinski definition) is 4. The molecule has 0 saturated carbocycles. The van der Waals surface area contributed by atoms with Crippen LogP contribution in [-0.2, 0) is 19.1 Å². The molecule has 88 valence electrons. The highest BCUT2D eigenvalue weighted by Gasteiger charge is 2.21. The van der Waals surface area contributed by atoms with Crippen molar-refractivity contribution in [2.45, 2.75) is 18.9 Å². The average Bonchev–Trinajstić information content (AvgIpc) is 2.82. The summed E-state index contributed by atoms with van der Waals surface area (Å²) < 4.78 is 10.9. The van der Waals surface area contributed by atoms with Crippen molar-refractivity contribution in [3.8, 4) is 0 Å². The summed E-state index contributed by atoms with van der Waals surface area (Å²) >= 11 is 0. The van der Waals surface area contributed by atoms with E-state index < -0.39 is 6.04 Å². The van der Waals surface area contributed by atoms with Gasteiger partial charge >= 0.3 is 11.9 Å². The first-order chi connectivity index (χ1) is 7.69. The number of carbonyl (C=O) groups excluding carboxylic acids is 2. The van der Waals surface area contributed by atoms with E-state index in [-0.39, 0.29) is 18.4 Å². The van der Waals surface area contributed by atoms with Gasteiger partial charge in [0, 0.05) is 18.8 Å². The molecular formula is C11H15NO4. The second-order valence-corrected chi connectivity index (χ2v) is 3.28. The largest absolute Gasteiger partial charge is 0.469 e. The molecule has 0 amide bonds. The van der Waals surface area contributed by atoms with E-state index in [0.29, 0.717) is 6.42 Å². The van der Waals surface area contributed by atoms with Gasteiger partial charge in [-0.3, -0.25) is 4.79 Å². The fraction of sp³-hybridized carbons (Fsp3) is 0.455. The molecule has 0 aliphatic heterocycles. The third kappa shape index (κ3) is 3.12. The summed E-state index contributed by atoms with van der Waals surface area (Å²) in [5, 5.41) is 0. The molecule has 1 atom stereocenters. The van der Waals surface area contributed by atoms with Gasteiger partial charge in [-0.1, -0.05) is 0 Å². The van der Waals surface area contributed by atoms with E-state index in [0.717, 1.165) is 0 Å². The van der Waals surface area contributed by atoms with Crippen molar-refractivity contribution in [3.63, 3.8) is 0 Å². The Labute approximate surface area is 94.0 Å². The molecule has 1 aromatic rings. The minimum absolute atomic E-state index is 0.189. The number of rotatable bonds is 5. The predicted octanol–water partition coefficient (Wildman–Crippen LogP) is 1.16. The van der Waals surface area contributed by atoms with E-state index in [1.54, 1.807) is 17.0 Å². The molecule has 5 nitrogen and oxygen atoms in total. The number of ether oxygens (including phenoxy) is 2. The quantitative estimate of drug-likeness (QED) is 0.705. The van der Waals surface area contributed by atoms with Gasteiger partial charge in [-0.2, -0.15) is 0 Å². The van der Waals surface area contributed by atoms with Crippen molar-refractivity contribution in [2.75, 3.05) is 14.2 Å². The maximum Gasteiger partial charge on any atom is 0.328 e. The lowest BCUT2D eigenvalue weighted by molar-refractivity contribution is -0.145. The molecule has 0 aliphatic rings. The zero-order valence-corrected chi connectivity index (χ0v) is 9.38. The first kappa shape index (κ1) is 12.3. The topological polar surface area (TPSA) is 57.5 Å². The molecule has 0 unspecified atom stereocenters. The highest BCUT2D eigenvalue weighted by atomic mass is 16.5. The van der Waals surface area contributed by atoms with Crippen LogP contribution in [0.2, 0.25) is 0 Å². The van der Waals surface area contributed by atoms with E-state index in [2.05, 4.69) is 4.74 Å². The standard InChI is InChI=1S/C11H15NO4/c1-15-10(13)6-5-9(11(14)16-2)12-7-3-4-8-12/h3-4,7-9H,5-6H2,1-2H3/t9-/m0/s1. The van der Waals surface area contributed by atoms with Gasteiger partial charge in [-0.15, -0.1) is 0 Å². The molecule has 0 aromatic carbocycles. The number of methoxy groups -OCH3 is 2. The summed E-state index contributed by atoms with van der Waals surface area (Å²) in [7, 11) is 2.65. The lowest BCUT2D eigenvalue weighted by Gasteiger charge is -2.15. The highest BCUT2D eigenvalue weighted by Crippen LogP contribution is 2.16. The molecule has 1 rings (SSSR count). The fourth-order valence-electron chi connectivity index (χ4n) is 1.44. The van der Waals surface area contributed by atoms with Crippen LogP contribution in [0.1, 0.15) is 18.9 Å². The van der Waals surface area contributed by atoms with Crippen LogP contribution in [0.3, 0.4) is 0 Å². The molecule has 0 fully saturated rings. The van der Waals surface area contributed by atoms with Gasteiger partial charge in [0.25, 0.3) is 0 Å². The van der Waals surface area contributed by atoms with Crippen LogP contribution in [0, 0.1) is 0 Å². The van der Waals surface area contributed by atoms with E-state index >= 15 is 0 Å². The van der Waals surface area contributed by atoms with Crippen LogP contribution >= 0.6 is 0 Å². The summed E-state index contributed by atoms with van der Waals surface area (Å²) in [4.78, 5) is 22.5. The van der Waals surface area contributed by atoms with Gasteiger partial charge < -0.3 is 14.0 Å². The van der Waals surface area contributed by atoms with Gasteiger partial charge in [-0.25, -0.2) is 4.79 Å². The zero-order valence-electron chi connectivity index (χ0n) is 9.38. The molecule has 5 heteroatoms. The van der Waals surface area contributed by atoms with Crippen molar-refractivity contribution in [3.05, 3.63) is 24.5 Å². The first-order valence-electron chi connectivity index (χ1n) is 4.96. The molecule has 1 aromatic heterocycles. The van der Waals surface area contributed by atoms with E-state index in [1.165, 1.54) is 14.2 Å². The Kier molecular flexibility index (Phi) is 4.57. The van der Waals surface area contributed by atoms with Crippen LogP contribution in [-0.4, -0.2) is 30.7 Å². The smallest absolute Gasteiger partial charge is 0.328 e. The first-order valence-corrected chi connectivity index (χ1v) is 4.96. The highest BCUT2D eigenvalue weighted by molar-refractivity contribution is 5.75. The number of carbonyl (C=O) groups is 2. The van der Waals surface area contributed by atoms with Crippen LogP contribution in [0.15, 0.2) is 24.5 Å². The van der Waals surface area contributed by atoms with Gasteiger partial charge in [-0.05, 0) is 18.6 Å². The van der Waals surface area contributed by atoms with Gasteiger partial charge in [0.1, 0.15) is 6.04 Å². The van der Waals surface area contributed by atoms with Gasteiger partial charge in [0.15, 0.2) is 0 Å². The Morgan fingerprint density at radius 3 is 2.31 bits per heavy atom. The predicted molar refractivity (Wildman–Crippen MR) is 56.7 cm³/mol. The molecular weight excluding hydrogens is 210 g/mol. The Bertz CT molecular complexity index is 345. The molecule has 1 heterocycles. The van der Waals surface area contributed by atoms with Gasteiger partial charge in [0.05, 0.1) is 14.2 Å². The number of aromatic nitrogens is 1. The zero-order chi connectivity index (χ0) is 12.0. The Balaban J connectivity index is 2.66. The summed E-state index contributed by atoms with van der Waals surface area (Å²) in [5.74, 6) is -0.693. The molecule has 0 aliphatic carbocycles. The number of esters is 2. The molecule has 0 saturated heterocycles. The Hall–Kier alpha value is -1.78. The summed E-state index contributed by atoms with van der Waals surface area (Å²) in [5.41, 5.74) is 0. The molecule has 16 heavy (non-hydrogen) atoms. The lowest BCUT2D eigenvalue weighted by atomic mass is 10.1. The molecule has 0 bridgehead atoms. The van der Waals surface area contributed by atoms with Crippen LogP contribution < -0.4 is 0 Å². The molecule has 0 N–H and O–H groups in total. The molecule has 0 spiro atoms. The lowest BCUT2D eigenvalue weighted by Crippen LogP contribution is -2.21. The summed E-state index contributed by atoms with van der Waals surface area (Å²) in [6.45, 7) is 0. The maximum atomic E-state index is 11.5. The minimum Gasteiger partial charge on any atom is -0.469 e. The Morgan fingerprint density at radius 1 is 1.19 bits per heavy atom. The van der Waals surface area contributed by atoms with Crippen molar-refractivity contribution in [1.82, 2.24) is 4.57 Å². The van der Waals surface area contributed by atoms with Crippen LogP contribution in [0.5, 0.6) is 0 Å². The third-order valence-electron chi connectivity index (χ3n) is 2.31. The Morgan fingerprint density at radius 2 is 1.81 bits per heavy atom. The normalized spacial score (nSPS) is 11.9. The summed E-state index contributed by atoms with van der Waals surface area (Å²) in [6, 6.07) is 3.15. The van der Waals surface area contributed by atoms with Crippen molar-refractivity contribution < 1.29 is 19.1 Å². The second-order valence-electron chi connectivity index (χ2n) is 3.28. The SMILES string of the molecule is COC(=O)CC[C@@H](C(=O)OC)n1cccc1. The third-order valence-corrected chi connectivity index (χ3v) is 2.31. The van der Waals surface area contributed by atoms with E-state index in [1.807, 2.05) is 12.1 Å². The van der Waals surface area contributed by atoms with Crippen LogP contribution in [0.25, 0.3) is 0 Å². The van der Waals surface area contributed by atoms with Gasteiger partial charge in [0.2, 0.25) is 0 Å². The van der Waals surface area contributed by atoms with Crippen LogP contribution in [0.4, 0.5) is 0 Å². The van der Waals surface area contributed by atoms with Crippen molar-refractivity contribution >= 4 is 11.9 Å². The maximum absolute atomic E-state index is 11.5. The van der Waals surface area contributed by atoms with E-state index in [4.69, 9.17) is 4.74 Å². The molecule has 0 radical (unpaired) electrons. The van der Waals surface area contributed by atoms with Crippen molar-refractivity contribution in [2.24, 2.45) is 0 Å². The van der Waals surface area contributed by atoms with Crippen molar-refractivity contribution in [1.29, 1.82) is 0 Å². The minimum atomic E-state index is -0.473. The number of hydrogen-bond donors (Lipinski definition) is 0. The monoisotopic (exact) mass is 225 g/mol. The van der Waals surface area contributed by atoms with E-state index in [9.17, 15) is 9.59 Å².